The van der Waals surface area contributed by atoms with E-state index < -0.39 is 0 Å². The monoisotopic (exact) mass is 348 g/mol. The van der Waals surface area contributed by atoms with E-state index >= 15 is 0 Å². The van der Waals surface area contributed by atoms with Gasteiger partial charge in [0.15, 0.2) is 0 Å². The van der Waals surface area contributed by atoms with Crippen molar-refractivity contribution in [2.45, 2.75) is 38.6 Å². The Morgan fingerprint density at radius 3 is 2.79 bits per heavy atom. The molecule has 1 aromatic carbocycles. The van der Waals surface area contributed by atoms with Crippen LogP contribution in [0.15, 0.2) is 24.3 Å². The highest BCUT2D eigenvalue weighted by atomic mass is 35.5. The molecule has 5 heteroatoms. The van der Waals surface area contributed by atoms with E-state index in [-0.39, 0.29) is 23.8 Å². The number of hydrogen-bond acceptors (Lipinski definition) is 2. The molecule has 130 valence electrons. The van der Waals surface area contributed by atoms with E-state index in [0.717, 1.165) is 31.5 Å². The summed E-state index contributed by atoms with van der Waals surface area (Å²) in [5.41, 5.74) is 0.942. The van der Waals surface area contributed by atoms with E-state index in [4.69, 9.17) is 11.6 Å². The predicted octanol–water partition coefficient (Wildman–Crippen LogP) is 3.51. The maximum absolute atomic E-state index is 13.1. The SMILES string of the molecule is CC1CCCN(C(=O)C2CC(=O)N(C)C2c2cccc(Cl)c2)CC1. The second-order valence-electron chi connectivity index (χ2n) is 7.18. The van der Waals surface area contributed by atoms with E-state index in [2.05, 4.69) is 6.92 Å². The summed E-state index contributed by atoms with van der Waals surface area (Å²) < 4.78 is 0. The van der Waals surface area contributed by atoms with E-state index in [0.29, 0.717) is 17.4 Å². The molecule has 2 fully saturated rings. The van der Waals surface area contributed by atoms with Crippen LogP contribution in [-0.4, -0.2) is 41.8 Å². The number of nitrogens with zero attached hydrogens (tertiary/aromatic N) is 2. The zero-order valence-electron chi connectivity index (χ0n) is 14.4. The number of hydrogen-bond donors (Lipinski definition) is 0. The minimum atomic E-state index is -0.311. The molecule has 0 aromatic heterocycles. The molecule has 0 bridgehead atoms. The summed E-state index contributed by atoms with van der Waals surface area (Å²) in [5, 5.41) is 0.634. The fourth-order valence-electron chi connectivity index (χ4n) is 3.96. The van der Waals surface area contributed by atoms with Gasteiger partial charge in [-0.3, -0.25) is 9.59 Å². The third kappa shape index (κ3) is 3.44. The summed E-state index contributed by atoms with van der Waals surface area (Å²) in [6.07, 6.45) is 3.55. The topological polar surface area (TPSA) is 40.6 Å². The molecule has 3 rings (SSSR count). The lowest BCUT2D eigenvalue weighted by Gasteiger charge is -2.29. The summed E-state index contributed by atoms with van der Waals surface area (Å²) in [4.78, 5) is 29.1. The zero-order chi connectivity index (χ0) is 17.3. The molecule has 0 spiro atoms. The van der Waals surface area contributed by atoms with Gasteiger partial charge in [0.05, 0.1) is 12.0 Å². The third-order valence-electron chi connectivity index (χ3n) is 5.42. The molecule has 0 aliphatic carbocycles. The number of rotatable bonds is 2. The lowest BCUT2D eigenvalue weighted by molar-refractivity contribution is -0.136. The van der Waals surface area contributed by atoms with Crippen LogP contribution >= 0.6 is 11.6 Å². The first kappa shape index (κ1) is 17.3. The van der Waals surface area contributed by atoms with Crippen LogP contribution in [0.5, 0.6) is 0 Å². The van der Waals surface area contributed by atoms with Crippen molar-refractivity contribution in [3.05, 3.63) is 34.9 Å². The molecule has 0 N–H and O–H groups in total. The summed E-state index contributed by atoms with van der Waals surface area (Å²) in [5.74, 6) is 0.502. The molecule has 1 aromatic rings. The van der Waals surface area contributed by atoms with Crippen molar-refractivity contribution in [2.75, 3.05) is 20.1 Å². The van der Waals surface area contributed by atoms with Crippen LogP contribution in [-0.2, 0) is 9.59 Å². The average Bonchev–Trinajstić information content (AvgIpc) is 2.72. The summed E-state index contributed by atoms with van der Waals surface area (Å²) >= 11 is 6.12. The summed E-state index contributed by atoms with van der Waals surface area (Å²) in [7, 11) is 1.78. The van der Waals surface area contributed by atoms with Crippen LogP contribution in [0.1, 0.15) is 44.2 Å². The number of carbonyl (C=O) groups is 2. The van der Waals surface area contributed by atoms with Crippen LogP contribution in [0, 0.1) is 11.8 Å². The van der Waals surface area contributed by atoms with Crippen molar-refractivity contribution in [2.24, 2.45) is 11.8 Å². The molecule has 24 heavy (non-hydrogen) atoms. The lowest BCUT2D eigenvalue weighted by atomic mass is 9.92. The Balaban J connectivity index is 1.84. The smallest absolute Gasteiger partial charge is 0.228 e. The van der Waals surface area contributed by atoms with Gasteiger partial charge in [-0.25, -0.2) is 0 Å². The van der Waals surface area contributed by atoms with Gasteiger partial charge in [-0.1, -0.05) is 30.7 Å². The minimum absolute atomic E-state index is 0.0292. The van der Waals surface area contributed by atoms with Crippen molar-refractivity contribution in [3.8, 4) is 0 Å². The highest BCUT2D eigenvalue weighted by molar-refractivity contribution is 6.30. The van der Waals surface area contributed by atoms with Crippen molar-refractivity contribution in [1.82, 2.24) is 9.80 Å². The van der Waals surface area contributed by atoms with E-state index in [1.165, 1.54) is 6.42 Å². The molecule has 3 atom stereocenters. The molecule has 2 amide bonds. The van der Waals surface area contributed by atoms with Crippen LogP contribution in [0.3, 0.4) is 0 Å². The number of amides is 2. The highest BCUT2D eigenvalue weighted by Crippen LogP contribution is 2.39. The molecule has 2 aliphatic rings. The number of likely N-dealkylation sites (tertiary alicyclic amines) is 2. The van der Waals surface area contributed by atoms with Gasteiger partial charge in [0.25, 0.3) is 0 Å². The Hall–Kier alpha value is -1.55. The van der Waals surface area contributed by atoms with Gasteiger partial charge >= 0.3 is 0 Å². The first-order chi connectivity index (χ1) is 11.5. The van der Waals surface area contributed by atoms with Gasteiger partial charge in [-0.2, -0.15) is 0 Å². The lowest BCUT2D eigenvalue weighted by Crippen LogP contribution is -2.39. The van der Waals surface area contributed by atoms with Gasteiger partial charge in [0.2, 0.25) is 11.8 Å². The fourth-order valence-corrected chi connectivity index (χ4v) is 4.15. The number of carbonyl (C=O) groups excluding carboxylic acids is 2. The maximum Gasteiger partial charge on any atom is 0.228 e. The molecule has 4 nitrogen and oxygen atoms in total. The largest absolute Gasteiger partial charge is 0.342 e. The first-order valence-corrected chi connectivity index (χ1v) is 9.15. The van der Waals surface area contributed by atoms with Crippen LogP contribution in [0.2, 0.25) is 5.02 Å². The molecular weight excluding hydrogens is 324 g/mol. The van der Waals surface area contributed by atoms with Crippen molar-refractivity contribution >= 4 is 23.4 Å². The van der Waals surface area contributed by atoms with Crippen molar-refractivity contribution in [3.63, 3.8) is 0 Å². The minimum Gasteiger partial charge on any atom is -0.342 e. The van der Waals surface area contributed by atoms with Crippen molar-refractivity contribution < 1.29 is 9.59 Å². The van der Waals surface area contributed by atoms with Gasteiger partial charge < -0.3 is 9.80 Å². The average molecular weight is 349 g/mol. The van der Waals surface area contributed by atoms with Crippen LogP contribution in [0.25, 0.3) is 0 Å². The first-order valence-electron chi connectivity index (χ1n) is 8.77. The Morgan fingerprint density at radius 1 is 1.25 bits per heavy atom. The second kappa shape index (κ2) is 7.14. The Bertz CT molecular complexity index is 634. The number of halogens is 1. The highest BCUT2D eigenvalue weighted by Gasteiger charge is 2.44. The standard InChI is InChI=1S/C19H25ClN2O2/c1-13-5-4-9-22(10-8-13)19(24)16-12-17(23)21(2)18(16)14-6-3-7-15(20)11-14/h3,6-7,11,13,16,18H,4-5,8-10,12H2,1-2H3. The summed E-state index contributed by atoms with van der Waals surface area (Å²) in [6, 6.07) is 7.30. The molecule has 0 saturated carbocycles. The van der Waals surface area contributed by atoms with Crippen LogP contribution < -0.4 is 0 Å². The van der Waals surface area contributed by atoms with Crippen molar-refractivity contribution in [1.29, 1.82) is 0 Å². The third-order valence-corrected chi connectivity index (χ3v) is 5.66. The summed E-state index contributed by atoms with van der Waals surface area (Å²) in [6.45, 7) is 3.85. The van der Waals surface area contributed by atoms with E-state index in [1.807, 2.05) is 29.2 Å². The van der Waals surface area contributed by atoms with Gasteiger partial charge in [-0.05, 0) is 42.9 Å². The predicted molar refractivity (Wildman–Crippen MR) is 94.7 cm³/mol. The fraction of sp³-hybridized carbons (Fsp3) is 0.579. The molecule has 0 radical (unpaired) electrons. The van der Waals surface area contributed by atoms with E-state index in [1.54, 1.807) is 11.9 Å². The number of benzene rings is 1. The Labute approximate surface area is 148 Å². The maximum atomic E-state index is 13.1. The molecule has 2 aliphatic heterocycles. The molecule has 2 heterocycles. The second-order valence-corrected chi connectivity index (χ2v) is 7.61. The quantitative estimate of drug-likeness (QED) is 0.820. The molecule has 3 unspecified atom stereocenters. The van der Waals surface area contributed by atoms with E-state index in [9.17, 15) is 9.59 Å². The normalized spacial score (nSPS) is 28.1. The molecular formula is C19H25ClN2O2. The zero-order valence-corrected chi connectivity index (χ0v) is 15.1. The Morgan fingerprint density at radius 2 is 2.04 bits per heavy atom. The van der Waals surface area contributed by atoms with Crippen LogP contribution in [0.4, 0.5) is 0 Å². The van der Waals surface area contributed by atoms with Gasteiger partial charge in [-0.15, -0.1) is 0 Å². The molecule has 2 saturated heterocycles. The van der Waals surface area contributed by atoms with Gasteiger partial charge in [0.1, 0.15) is 0 Å². The van der Waals surface area contributed by atoms with Gasteiger partial charge in [0, 0.05) is 31.6 Å². The Kier molecular flexibility index (Phi) is 5.14.